The van der Waals surface area contributed by atoms with E-state index in [1.54, 1.807) is 29.2 Å². The second-order valence-electron chi connectivity index (χ2n) is 9.14. The van der Waals surface area contributed by atoms with Crippen molar-refractivity contribution in [3.63, 3.8) is 0 Å². The van der Waals surface area contributed by atoms with Gasteiger partial charge >= 0.3 is 5.97 Å². The fourth-order valence-electron chi connectivity index (χ4n) is 5.48. The van der Waals surface area contributed by atoms with Crippen LogP contribution in [0.3, 0.4) is 0 Å². The number of esters is 1. The van der Waals surface area contributed by atoms with Gasteiger partial charge in [0.25, 0.3) is 0 Å². The molecule has 1 N–H and O–H groups in total. The van der Waals surface area contributed by atoms with Crippen molar-refractivity contribution in [3.05, 3.63) is 65.7 Å². The molecule has 178 valence electrons. The van der Waals surface area contributed by atoms with Gasteiger partial charge in [0.1, 0.15) is 6.10 Å². The van der Waals surface area contributed by atoms with Crippen molar-refractivity contribution in [3.8, 4) is 6.19 Å². The van der Waals surface area contributed by atoms with Gasteiger partial charge < -0.3 is 15.0 Å². The number of nitrogens with zero attached hydrogens (tertiary/aromatic N) is 2. The molecular weight excluding hydrogens is 494 g/mol. The quantitative estimate of drug-likeness (QED) is 0.301. The highest BCUT2D eigenvalue weighted by Gasteiger charge is 2.45. The largest absolute Gasteiger partial charge is 0.456 e. The minimum atomic E-state index is -0.629. The Morgan fingerprint density at radius 3 is 2.65 bits per heavy atom. The average Bonchev–Trinajstić information content (AvgIpc) is 2.87. The number of rotatable bonds is 7. The molecule has 34 heavy (non-hydrogen) atoms. The number of hydrogen-bond donors (Lipinski definition) is 1. The summed E-state index contributed by atoms with van der Waals surface area (Å²) in [5.74, 6) is -0.0551. The standard InChI is InChI=1S/C27H30BrN3O3/c1-2-18-16-31(17-29)24(14-20(18)12-13-28)26(34-27(33)19-8-4-3-5-9-19)22-15-25(32)30-23-11-7-6-10-21(22)23/h3-11,18,20,22,24,26H,2,12-16H2,1H3,(H,30,32). The molecule has 1 saturated heterocycles. The third kappa shape index (κ3) is 5.12. The number of nitrogens with one attached hydrogen (secondary N) is 1. The molecule has 1 fully saturated rings. The lowest BCUT2D eigenvalue weighted by Crippen LogP contribution is -2.54. The summed E-state index contributed by atoms with van der Waals surface area (Å²) in [6.45, 7) is 2.80. The molecule has 0 spiro atoms. The number of alkyl halides is 1. The number of para-hydroxylation sites is 1. The van der Waals surface area contributed by atoms with E-state index in [0.717, 1.165) is 35.8 Å². The van der Waals surface area contributed by atoms with Crippen molar-refractivity contribution >= 4 is 33.5 Å². The van der Waals surface area contributed by atoms with Crippen LogP contribution in [0.25, 0.3) is 0 Å². The van der Waals surface area contributed by atoms with Gasteiger partial charge in [-0.1, -0.05) is 65.7 Å². The minimum Gasteiger partial charge on any atom is -0.456 e. The van der Waals surface area contributed by atoms with E-state index in [-0.39, 0.29) is 24.3 Å². The molecule has 2 heterocycles. The number of amides is 1. The molecule has 0 aromatic heterocycles. The second-order valence-corrected chi connectivity index (χ2v) is 9.94. The predicted octanol–water partition coefficient (Wildman–Crippen LogP) is 5.32. The fraction of sp³-hybridized carbons (Fsp3) is 0.444. The molecule has 0 saturated carbocycles. The van der Waals surface area contributed by atoms with E-state index in [1.165, 1.54) is 0 Å². The van der Waals surface area contributed by atoms with Crippen molar-refractivity contribution in [2.75, 3.05) is 17.2 Å². The number of ether oxygens (including phenoxy) is 1. The number of likely N-dealkylation sites (tertiary alicyclic amines) is 1. The van der Waals surface area contributed by atoms with Crippen LogP contribution in [-0.2, 0) is 9.53 Å². The number of nitriles is 1. The minimum absolute atomic E-state index is 0.104. The molecule has 5 atom stereocenters. The highest BCUT2D eigenvalue weighted by molar-refractivity contribution is 9.09. The number of anilines is 1. The number of halogens is 1. The number of piperidine rings is 1. The van der Waals surface area contributed by atoms with Crippen molar-refractivity contribution in [1.29, 1.82) is 5.26 Å². The van der Waals surface area contributed by atoms with Gasteiger partial charge in [0.15, 0.2) is 6.19 Å². The summed E-state index contributed by atoms with van der Waals surface area (Å²) in [5, 5.41) is 13.9. The molecule has 2 aromatic carbocycles. The third-order valence-electron chi connectivity index (χ3n) is 7.24. The molecule has 4 rings (SSSR count). The molecule has 7 heteroatoms. The normalized spacial score (nSPS) is 25.0. The van der Waals surface area contributed by atoms with Crippen molar-refractivity contribution in [2.45, 2.75) is 50.7 Å². The van der Waals surface area contributed by atoms with Crippen LogP contribution in [0, 0.1) is 23.3 Å². The SMILES string of the molecule is CCC1CN(C#N)C(C(OC(=O)c2ccccc2)C2CC(=O)Nc3ccccc32)CC1CCBr. The zero-order valence-electron chi connectivity index (χ0n) is 19.3. The van der Waals surface area contributed by atoms with Gasteiger partial charge in [0.05, 0.1) is 11.6 Å². The smallest absolute Gasteiger partial charge is 0.338 e. The van der Waals surface area contributed by atoms with Crippen molar-refractivity contribution in [2.24, 2.45) is 11.8 Å². The summed E-state index contributed by atoms with van der Waals surface area (Å²) in [6, 6.07) is 16.3. The molecule has 0 aliphatic carbocycles. The molecule has 2 aliphatic heterocycles. The summed E-state index contributed by atoms with van der Waals surface area (Å²) in [4.78, 5) is 27.7. The molecule has 0 bridgehead atoms. The van der Waals surface area contributed by atoms with E-state index in [9.17, 15) is 14.9 Å². The Labute approximate surface area is 209 Å². The van der Waals surface area contributed by atoms with Crippen LogP contribution in [0.4, 0.5) is 5.69 Å². The summed E-state index contributed by atoms with van der Waals surface area (Å²) in [7, 11) is 0. The maximum Gasteiger partial charge on any atom is 0.338 e. The first-order valence-corrected chi connectivity index (χ1v) is 13.0. The van der Waals surface area contributed by atoms with E-state index in [2.05, 4.69) is 34.4 Å². The molecular formula is C27H30BrN3O3. The van der Waals surface area contributed by atoms with Gasteiger partial charge in [-0.15, -0.1) is 0 Å². The van der Waals surface area contributed by atoms with Crippen LogP contribution in [-0.4, -0.2) is 40.8 Å². The highest BCUT2D eigenvalue weighted by Crippen LogP contribution is 2.42. The predicted molar refractivity (Wildman–Crippen MR) is 134 cm³/mol. The number of hydrogen-bond acceptors (Lipinski definition) is 5. The molecule has 5 unspecified atom stereocenters. The van der Waals surface area contributed by atoms with Crippen molar-refractivity contribution < 1.29 is 14.3 Å². The molecule has 1 amide bonds. The number of benzene rings is 2. The lowest BCUT2D eigenvalue weighted by atomic mass is 9.74. The summed E-state index contributed by atoms with van der Waals surface area (Å²) >= 11 is 3.59. The molecule has 6 nitrogen and oxygen atoms in total. The summed E-state index contributed by atoms with van der Waals surface area (Å²) in [5.41, 5.74) is 2.15. The Morgan fingerprint density at radius 1 is 1.21 bits per heavy atom. The summed E-state index contributed by atoms with van der Waals surface area (Å²) in [6.07, 6.45) is 4.69. The van der Waals surface area contributed by atoms with Crippen LogP contribution in [0.1, 0.15) is 54.4 Å². The van der Waals surface area contributed by atoms with E-state index < -0.39 is 12.1 Å². The fourth-order valence-corrected chi connectivity index (χ4v) is 6.07. The van der Waals surface area contributed by atoms with Gasteiger partial charge in [0, 0.05) is 29.9 Å². The maximum atomic E-state index is 13.2. The van der Waals surface area contributed by atoms with Crippen molar-refractivity contribution in [1.82, 2.24) is 4.90 Å². The van der Waals surface area contributed by atoms with Crippen LogP contribution in [0.5, 0.6) is 0 Å². The van der Waals surface area contributed by atoms with E-state index >= 15 is 0 Å². The third-order valence-corrected chi connectivity index (χ3v) is 7.70. The molecule has 2 aromatic rings. The first kappa shape index (κ1) is 24.3. The summed E-state index contributed by atoms with van der Waals surface area (Å²) < 4.78 is 6.22. The van der Waals surface area contributed by atoms with Gasteiger partial charge in [-0.2, -0.15) is 5.26 Å². The van der Waals surface area contributed by atoms with E-state index in [4.69, 9.17) is 4.74 Å². The van der Waals surface area contributed by atoms with Gasteiger partial charge in [-0.3, -0.25) is 4.79 Å². The second kappa shape index (κ2) is 11.1. The van der Waals surface area contributed by atoms with Gasteiger partial charge in [-0.05, 0) is 48.4 Å². The molecule has 2 aliphatic rings. The van der Waals surface area contributed by atoms with Crippen LogP contribution >= 0.6 is 15.9 Å². The Bertz CT molecular complexity index is 1050. The lowest BCUT2D eigenvalue weighted by Gasteiger charge is -2.46. The zero-order valence-corrected chi connectivity index (χ0v) is 20.9. The Morgan fingerprint density at radius 2 is 1.94 bits per heavy atom. The average molecular weight is 524 g/mol. The Kier molecular flexibility index (Phi) is 7.89. The zero-order chi connectivity index (χ0) is 24.1. The maximum absolute atomic E-state index is 13.2. The van der Waals surface area contributed by atoms with E-state index in [1.807, 2.05) is 30.3 Å². The Balaban J connectivity index is 1.74. The first-order valence-electron chi connectivity index (χ1n) is 11.9. The number of fused-ring (bicyclic) bond motifs is 1. The van der Waals surface area contributed by atoms with Crippen LogP contribution < -0.4 is 5.32 Å². The number of carbonyl (C=O) groups is 2. The molecule has 0 radical (unpaired) electrons. The van der Waals surface area contributed by atoms with Crippen LogP contribution in [0.15, 0.2) is 54.6 Å². The van der Waals surface area contributed by atoms with Gasteiger partial charge in [0.2, 0.25) is 5.91 Å². The lowest BCUT2D eigenvalue weighted by molar-refractivity contribution is -0.118. The first-order chi connectivity index (χ1) is 16.5. The monoisotopic (exact) mass is 523 g/mol. The highest BCUT2D eigenvalue weighted by atomic mass is 79.9. The van der Waals surface area contributed by atoms with Gasteiger partial charge in [-0.25, -0.2) is 4.79 Å². The van der Waals surface area contributed by atoms with Crippen LogP contribution in [0.2, 0.25) is 0 Å². The topological polar surface area (TPSA) is 82.4 Å². The Hall–Kier alpha value is -2.85. The van der Waals surface area contributed by atoms with E-state index in [0.29, 0.717) is 23.9 Å². The number of carbonyl (C=O) groups excluding carboxylic acids is 2.